The fourth-order valence-corrected chi connectivity index (χ4v) is 2.30. The minimum atomic E-state index is -0.296. The van der Waals surface area contributed by atoms with Crippen LogP contribution in [0.3, 0.4) is 0 Å². The number of nitrogens with one attached hydrogen (secondary N) is 2. The highest BCUT2D eigenvalue weighted by atomic mass is 35.5. The molecule has 22 heavy (non-hydrogen) atoms. The molecule has 0 aliphatic carbocycles. The number of carbonyl (C=O) groups is 2. The van der Waals surface area contributed by atoms with Crippen LogP contribution in [0.1, 0.15) is 31.2 Å². The van der Waals surface area contributed by atoms with Crippen molar-refractivity contribution in [1.29, 1.82) is 0 Å². The maximum atomic E-state index is 11.8. The van der Waals surface area contributed by atoms with Crippen LogP contribution in [0.2, 0.25) is 0 Å². The number of halogens is 1. The van der Waals surface area contributed by atoms with Crippen LogP contribution in [0.4, 0.5) is 0 Å². The summed E-state index contributed by atoms with van der Waals surface area (Å²) in [4.78, 5) is 23.4. The Hall–Kier alpha value is -1.59. The third-order valence-corrected chi connectivity index (χ3v) is 3.50. The monoisotopic (exact) mass is 326 g/mol. The van der Waals surface area contributed by atoms with Gasteiger partial charge in [0, 0.05) is 6.54 Å². The summed E-state index contributed by atoms with van der Waals surface area (Å²) < 4.78 is 5.15. The van der Waals surface area contributed by atoms with Crippen molar-refractivity contribution in [3.8, 4) is 0 Å². The van der Waals surface area contributed by atoms with Gasteiger partial charge in [0.1, 0.15) is 6.61 Å². The topological polar surface area (TPSA) is 67.4 Å². The van der Waals surface area contributed by atoms with E-state index in [1.165, 1.54) is 0 Å². The van der Waals surface area contributed by atoms with Gasteiger partial charge >= 0.3 is 5.97 Å². The van der Waals surface area contributed by atoms with Crippen LogP contribution in [0, 0.1) is 0 Å². The molecule has 1 atom stereocenters. The minimum Gasteiger partial charge on any atom is -0.461 e. The third kappa shape index (κ3) is 6.45. The molecule has 0 aromatic heterocycles. The van der Waals surface area contributed by atoms with Crippen molar-refractivity contribution >= 4 is 24.3 Å². The fourth-order valence-electron chi connectivity index (χ4n) is 2.30. The molecule has 5 nitrogen and oxygen atoms in total. The lowest BCUT2D eigenvalue weighted by Crippen LogP contribution is -2.47. The third-order valence-electron chi connectivity index (χ3n) is 3.50. The molecule has 1 aliphatic heterocycles. The predicted molar refractivity (Wildman–Crippen MR) is 86.8 cm³/mol. The van der Waals surface area contributed by atoms with Crippen molar-refractivity contribution in [1.82, 2.24) is 10.6 Å². The number of ether oxygens (including phenoxy) is 1. The summed E-state index contributed by atoms with van der Waals surface area (Å²) in [5.74, 6) is -0.318. The highest BCUT2D eigenvalue weighted by molar-refractivity contribution is 5.85. The molecule has 2 N–H and O–H groups in total. The van der Waals surface area contributed by atoms with E-state index in [9.17, 15) is 9.59 Å². The Kier molecular flexibility index (Phi) is 8.55. The van der Waals surface area contributed by atoms with Crippen LogP contribution in [0.25, 0.3) is 0 Å². The number of amides is 1. The van der Waals surface area contributed by atoms with Gasteiger partial charge in [0.25, 0.3) is 0 Å². The van der Waals surface area contributed by atoms with Gasteiger partial charge in [0.05, 0.1) is 12.5 Å². The summed E-state index contributed by atoms with van der Waals surface area (Å²) in [6, 6.07) is 9.42. The van der Waals surface area contributed by atoms with E-state index in [1.807, 2.05) is 30.3 Å². The number of esters is 1. The summed E-state index contributed by atoms with van der Waals surface area (Å²) in [5.41, 5.74) is 0.960. The van der Waals surface area contributed by atoms with E-state index in [4.69, 9.17) is 4.74 Å². The molecule has 1 aromatic rings. The van der Waals surface area contributed by atoms with Crippen LogP contribution in [-0.2, 0) is 20.9 Å². The second-order valence-corrected chi connectivity index (χ2v) is 5.19. The van der Waals surface area contributed by atoms with E-state index >= 15 is 0 Å². The Morgan fingerprint density at radius 2 is 2.00 bits per heavy atom. The first kappa shape index (κ1) is 18.5. The van der Waals surface area contributed by atoms with E-state index in [-0.39, 0.29) is 43.4 Å². The van der Waals surface area contributed by atoms with Gasteiger partial charge < -0.3 is 15.4 Å². The van der Waals surface area contributed by atoms with Crippen molar-refractivity contribution in [2.45, 2.75) is 38.3 Å². The summed E-state index contributed by atoms with van der Waals surface area (Å²) in [7, 11) is 0. The molecular weight excluding hydrogens is 304 g/mol. The number of carbonyl (C=O) groups excluding carboxylic acids is 2. The Bertz CT molecular complexity index is 462. The van der Waals surface area contributed by atoms with Crippen molar-refractivity contribution in [2.75, 3.05) is 13.1 Å². The molecule has 122 valence electrons. The molecular formula is C16H23ClN2O3. The van der Waals surface area contributed by atoms with Gasteiger partial charge in [-0.1, -0.05) is 36.8 Å². The zero-order valence-electron chi connectivity index (χ0n) is 12.5. The van der Waals surface area contributed by atoms with Gasteiger partial charge in [-0.05, 0) is 24.9 Å². The average molecular weight is 327 g/mol. The van der Waals surface area contributed by atoms with Crippen LogP contribution in [0.5, 0.6) is 0 Å². The molecule has 1 aromatic carbocycles. The van der Waals surface area contributed by atoms with E-state index in [2.05, 4.69) is 10.6 Å². The highest BCUT2D eigenvalue weighted by Crippen LogP contribution is 2.06. The second-order valence-electron chi connectivity index (χ2n) is 5.19. The normalized spacial score (nSPS) is 17.2. The number of hydrogen-bond acceptors (Lipinski definition) is 4. The second kappa shape index (κ2) is 10.2. The van der Waals surface area contributed by atoms with Gasteiger partial charge in [-0.2, -0.15) is 0 Å². The lowest BCUT2D eigenvalue weighted by atomic mass is 10.0. The van der Waals surface area contributed by atoms with Gasteiger partial charge in [0.15, 0.2) is 0 Å². The van der Waals surface area contributed by atoms with Crippen molar-refractivity contribution < 1.29 is 14.3 Å². The maximum absolute atomic E-state index is 11.8. The predicted octanol–water partition coefficient (Wildman–Crippen LogP) is 1.80. The van der Waals surface area contributed by atoms with E-state index < -0.39 is 0 Å². The van der Waals surface area contributed by atoms with Crippen molar-refractivity contribution in [3.05, 3.63) is 35.9 Å². The Morgan fingerprint density at radius 3 is 2.68 bits per heavy atom. The largest absolute Gasteiger partial charge is 0.461 e. The molecule has 1 fully saturated rings. The molecule has 0 unspecified atom stereocenters. The Balaban J connectivity index is 0.00000242. The van der Waals surface area contributed by atoms with Crippen molar-refractivity contribution in [3.63, 3.8) is 0 Å². The zero-order valence-corrected chi connectivity index (χ0v) is 13.4. The molecule has 2 rings (SSSR count). The summed E-state index contributed by atoms with van der Waals surface area (Å²) in [6.45, 7) is 1.49. The molecule has 1 saturated heterocycles. The SMILES string of the molecule is Cl.O=C(CCNC(=O)[C@@H]1CCCCN1)OCc1ccccc1. The van der Waals surface area contributed by atoms with Crippen LogP contribution in [0.15, 0.2) is 30.3 Å². The van der Waals surface area contributed by atoms with Crippen LogP contribution >= 0.6 is 12.4 Å². The minimum absolute atomic E-state index is 0. The zero-order chi connectivity index (χ0) is 14.9. The van der Waals surface area contributed by atoms with Gasteiger partial charge in [-0.25, -0.2) is 0 Å². The Morgan fingerprint density at radius 1 is 1.23 bits per heavy atom. The molecule has 1 heterocycles. The quantitative estimate of drug-likeness (QED) is 0.782. The standard InChI is InChI=1S/C16H22N2O3.ClH/c19-15(21-12-13-6-2-1-3-7-13)9-11-18-16(20)14-8-4-5-10-17-14;/h1-3,6-7,14,17H,4-5,8-12H2,(H,18,20);1H/t14-;/m0./s1. The van der Waals surface area contributed by atoms with Crippen LogP contribution in [-0.4, -0.2) is 31.0 Å². The van der Waals surface area contributed by atoms with Gasteiger partial charge in [-0.15, -0.1) is 12.4 Å². The lowest BCUT2D eigenvalue weighted by Gasteiger charge is -2.22. The van der Waals surface area contributed by atoms with Crippen LogP contribution < -0.4 is 10.6 Å². The smallest absolute Gasteiger partial charge is 0.307 e. The average Bonchev–Trinajstić information content (AvgIpc) is 2.54. The summed E-state index contributed by atoms with van der Waals surface area (Å²) >= 11 is 0. The Labute approximate surface area is 137 Å². The number of piperidine rings is 1. The molecule has 6 heteroatoms. The van der Waals surface area contributed by atoms with E-state index in [0.29, 0.717) is 6.54 Å². The molecule has 0 spiro atoms. The first-order chi connectivity index (χ1) is 10.3. The van der Waals surface area contributed by atoms with Gasteiger partial charge in [0.2, 0.25) is 5.91 Å². The van der Waals surface area contributed by atoms with Gasteiger partial charge in [-0.3, -0.25) is 9.59 Å². The lowest BCUT2D eigenvalue weighted by molar-refractivity contribution is -0.144. The van der Waals surface area contributed by atoms with E-state index in [1.54, 1.807) is 0 Å². The molecule has 1 aliphatic rings. The molecule has 1 amide bonds. The number of hydrogen-bond donors (Lipinski definition) is 2. The molecule has 0 bridgehead atoms. The molecule has 0 radical (unpaired) electrons. The first-order valence-corrected chi connectivity index (χ1v) is 7.46. The highest BCUT2D eigenvalue weighted by Gasteiger charge is 2.20. The summed E-state index contributed by atoms with van der Waals surface area (Å²) in [5, 5.41) is 5.95. The number of rotatable bonds is 6. The van der Waals surface area contributed by atoms with E-state index in [0.717, 1.165) is 31.4 Å². The number of benzene rings is 1. The molecule has 0 saturated carbocycles. The maximum Gasteiger partial charge on any atom is 0.307 e. The fraction of sp³-hybridized carbons (Fsp3) is 0.500. The summed E-state index contributed by atoms with van der Waals surface area (Å²) in [6.07, 6.45) is 3.26. The van der Waals surface area contributed by atoms with Crippen molar-refractivity contribution in [2.24, 2.45) is 0 Å². The first-order valence-electron chi connectivity index (χ1n) is 7.46.